The fourth-order valence-corrected chi connectivity index (χ4v) is 5.77. The van der Waals surface area contributed by atoms with Crippen molar-refractivity contribution in [3.63, 3.8) is 0 Å². The molecule has 13 heteroatoms. The van der Waals surface area contributed by atoms with E-state index in [1.165, 1.54) is 6.07 Å². The summed E-state index contributed by atoms with van der Waals surface area (Å²) in [6, 6.07) is 6.42. The van der Waals surface area contributed by atoms with Gasteiger partial charge < -0.3 is 4.90 Å². The molecule has 0 aliphatic carbocycles. The first-order valence-corrected chi connectivity index (χ1v) is 12.8. The van der Waals surface area contributed by atoms with Gasteiger partial charge in [0.2, 0.25) is 10.0 Å². The second-order valence-electron chi connectivity index (χ2n) is 8.26. The number of unbranched alkanes of at least 4 members (excludes halogenated alkanes) is 1. The Morgan fingerprint density at radius 3 is 2.69 bits per heavy atom. The minimum Gasteiger partial charge on any atom is -0.332 e. The lowest BCUT2D eigenvalue weighted by Gasteiger charge is -2.30. The van der Waals surface area contributed by atoms with Crippen LogP contribution in [-0.4, -0.2) is 41.1 Å². The molecule has 35 heavy (non-hydrogen) atoms. The van der Waals surface area contributed by atoms with Crippen LogP contribution in [0.15, 0.2) is 30.5 Å². The summed E-state index contributed by atoms with van der Waals surface area (Å²) in [6.45, 7) is 2.08. The molecule has 0 radical (unpaired) electrons. The Bertz CT molecular complexity index is 1360. The fraction of sp³-hybridized carbons (Fsp3) is 0.364. The number of halogens is 3. The Labute approximate surface area is 205 Å². The Morgan fingerprint density at radius 1 is 1.29 bits per heavy atom. The number of hydrogen-bond donors (Lipinski definition) is 1. The predicted molar refractivity (Wildman–Crippen MR) is 126 cm³/mol. The van der Waals surface area contributed by atoms with E-state index in [1.807, 2.05) is 6.92 Å². The minimum atomic E-state index is -4.83. The maximum absolute atomic E-state index is 13.4. The first kappa shape index (κ1) is 24.9. The maximum Gasteiger partial charge on any atom is 0.419 e. The molecule has 1 atom stereocenters. The number of sulfonamides is 1. The Kier molecular flexibility index (Phi) is 6.46. The van der Waals surface area contributed by atoms with E-state index in [1.54, 1.807) is 23.1 Å². The van der Waals surface area contributed by atoms with E-state index in [-0.39, 0.29) is 29.5 Å². The van der Waals surface area contributed by atoms with Crippen LogP contribution < -0.4 is 9.62 Å². The number of nitrogens with one attached hydrogen (secondary N) is 1. The van der Waals surface area contributed by atoms with Crippen molar-refractivity contribution in [1.82, 2.24) is 9.88 Å². The second kappa shape index (κ2) is 9.09. The first-order valence-electron chi connectivity index (χ1n) is 10.7. The van der Waals surface area contributed by atoms with Crippen LogP contribution in [0.4, 0.5) is 24.5 Å². The van der Waals surface area contributed by atoms with Crippen LogP contribution in [-0.2, 0) is 34.0 Å². The molecule has 1 amide bonds. The van der Waals surface area contributed by atoms with Crippen LogP contribution in [0.2, 0.25) is 0 Å². The minimum absolute atomic E-state index is 0.000865. The smallest absolute Gasteiger partial charge is 0.332 e. The number of pyridine rings is 1. The van der Waals surface area contributed by atoms with Crippen molar-refractivity contribution in [2.45, 2.75) is 44.9 Å². The van der Waals surface area contributed by atoms with Gasteiger partial charge in [0.05, 0.1) is 23.2 Å². The zero-order valence-electron chi connectivity index (χ0n) is 18.5. The highest BCUT2D eigenvalue weighted by molar-refractivity contribution is 7.92. The standard InChI is InChI=1S/C22H20F3N5O3S2/c1-2-3-6-35(32,33)28-15-5-4-13-8-19-20(31)30(21(34)29(19)12-14(13)7-15)16-9-17(22(23,24)25)18(10-26)27-11-16/h4-5,7,9,11,19,28H,2-3,6,8,12H2,1H3. The monoisotopic (exact) mass is 523 g/mol. The Hall–Kier alpha value is -3.24. The Morgan fingerprint density at radius 2 is 2.03 bits per heavy atom. The molecule has 1 N–H and O–H groups in total. The van der Waals surface area contributed by atoms with Crippen LogP contribution in [0, 0.1) is 11.3 Å². The van der Waals surface area contributed by atoms with Crippen LogP contribution in [0.5, 0.6) is 0 Å². The van der Waals surface area contributed by atoms with E-state index in [2.05, 4.69) is 9.71 Å². The molecule has 0 saturated carbocycles. The molecule has 184 valence electrons. The molecular formula is C22H20F3N5O3S2. The summed E-state index contributed by atoms with van der Waals surface area (Å²) in [6.07, 6.45) is -2.29. The lowest BCUT2D eigenvalue weighted by Crippen LogP contribution is -2.40. The van der Waals surface area contributed by atoms with Crippen molar-refractivity contribution in [2.75, 3.05) is 15.4 Å². The predicted octanol–water partition coefficient (Wildman–Crippen LogP) is 3.57. The molecule has 4 rings (SSSR count). The third-order valence-electron chi connectivity index (χ3n) is 5.86. The van der Waals surface area contributed by atoms with Crippen molar-refractivity contribution in [3.8, 4) is 6.07 Å². The van der Waals surface area contributed by atoms with Crippen molar-refractivity contribution < 1.29 is 26.4 Å². The van der Waals surface area contributed by atoms with Crippen molar-refractivity contribution in [1.29, 1.82) is 5.26 Å². The van der Waals surface area contributed by atoms with Crippen molar-refractivity contribution in [3.05, 3.63) is 52.8 Å². The van der Waals surface area contributed by atoms with Gasteiger partial charge in [-0.3, -0.25) is 14.4 Å². The summed E-state index contributed by atoms with van der Waals surface area (Å²) in [7, 11) is -3.50. The molecule has 0 spiro atoms. The summed E-state index contributed by atoms with van der Waals surface area (Å²) in [5.74, 6) is -0.495. The molecule has 3 heterocycles. The fourth-order valence-electron chi connectivity index (χ4n) is 4.13. The topological polar surface area (TPSA) is 106 Å². The number of fused-ring (bicyclic) bond motifs is 2. The number of carbonyl (C=O) groups is 1. The molecule has 2 aromatic rings. The van der Waals surface area contributed by atoms with E-state index in [0.717, 1.165) is 28.6 Å². The van der Waals surface area contributed by atoms with Crippen LogP contribution >= 0.6 is 12.2 Å². The molecule has 2 aliphatic heterocycles. The molecule has 0 bridgehead atoms. The zero-order valence-corrected chi connectivity index (χ0v) is 20.1. The second-order valence-corrected chi connectivity index (χ2v) is 10.5. The van der Waals surface area contributed by atoms with Gasteiger partial charge >= 0.3 is 6.18 Å². The van der Waals surface area contributed by atoms with Crippen molar-refractivity contribution >= 4 is 44.6 Å². The van der Waals surface area contributed by atoms with Gasteiger partial charge in [-0.1, -0.05) is 19.4 Å². The largest absolute Gasteiger partial charge is 0.419 e. The number of rotatable bonds is 6. The summed E-state index contributed by atoms with van der Waals surface area (Å²) >= 11 is 5.44. The number of carbonyl (C=O) groups excluding carboxylic acids is 1. The molecular weight excluding hydrogens is 503 g/mol. The van der Waals surface area contributed by atoms with Gasteiger partial charge in [0.25, 0.3) is 5.91 Å². The summed E-state index contributed by atoms with van der Waals surface area (Å²) in [5.41, 5.74) is -0.261. The normalized spacial score (nSPS) is 17.7. The first-order chi connectivity index (χ1) is 16.4. The van der Waals surface area contributed by atoms with E-state index in [4.69, 9.17) is 17.5 Å². The van der Waals surface area contributed by atoms with Gasteiger partial charge in [-0.25, -0.2) is 13.4 Å². The average molecular weight is 524 g/mol. The molecule has 1 unspecified atom stereocenters. The van der Waals surface area contributed by atoms with Gasteiger partial charge in [-0.2, -0.15) is 18.4 Å². The number of anilines is 2. The van der Waals surface area contributed by atoms with E-state index >= 15 is 0 Å². The number of hydrogen-bond acceptors (Lipinski definition) is 6. The van der Waals surface area contributed by atoms with Gasteiger partial charge in [0.15, 0.2) is 10.8 Å². The van der Waals surface area contributed by atoms with E-state index in [9.17, 15) is 26.4 Å². The summed E-state index contributed by atoms with van der Waals surface area (Å²) < 4.78 is 67.3. The molecule has 2 aliphatic rings. The highest BCUT2D eigenvalue weighted by Gasteiger charge is 2.46. The van der Waals surface area contributed by atoms with E-state index < -0.39 is 39.4 Å². The highest BCUT2D eigenvalue weighted by Crippen LogP contribution is 2.37. The van der Waals surface area contributed by atoms with Crippen molar-refractivity contribution in [2.24, 2.45) is 0 Å². The third-order valence-corrected chi connectivity index (χ3v) is 7.65. The van der Waals surface area contributed by atoms with E-state index in [0.29, 0.717) is 18.2 Å². The van der Waals surface area contributed by atoms with Gasteiger partial charge in [0.1, 0.15) is 12.1 Å². The summed E-state index contributed by atoms with van der Waals surface area (Å²) in [5, 5.41) is 8.99. The number of nitrogens with zero attached hydrogens (tertiary/aromatic N) is 4. The van der Waals surface area contributed by atoms with Crippen LogP contribution in [0.25, 0.3) is 0 Å². The molecule has 1 saturated heterocycles. The third kappa shape index (κ3) is 4.81. The average Bonchev–Trinajstić information content (AvgIpc) is 3.04. The summed E-state index contributed by atoms with van der Waals surface area (Å²) in [4.78, 5) is 19.3. The number of benzene rings is 1. The maximum atomic E-state index is 13.4. The number of nitriles is 1. The molecule has 1 aromatic heterocycles. The molecule has 1 aromatic carbocycles. The quantitative estimate of drug-likeness (QED) is 0.577. The SMILES string of the molecule is CCCCS(=O)(=O)Nc1ccc2c(c1)CN1C(=S)N(c3cnc(C#N)c(C(F)(F)F)c3)C(=O)C1C2. The lowest BCUT2D eigenvalue weighted by molar-refractivity contribution is -0.138. The molecule has 8 nitrogen and oxygen atoms in total. The van der Waals surface area contributed by atoms with Crippen LogP contribution in [0.3, 0.4) is 0 Å². The lowest BCUT2D eigenvalue weighted by atomic mass is 9.94. The van der Waals surface area contributed by atoms with Gasteiger partial charge in [-0.15, -0.1) is 0 Å². The molecule has 1 fully saturated rings. The number of aromatic nitrogens is 1. The van der Waals surface area contributed by atoms with Crippen LogP contribution in [0.1, 0.15) is 42.1 Å². The zero-order chi connectivity index (χ0) is 25.5. The Balaban J connectivity index is 1.61. The number of amides is 1. The highest BCUT2D eigenvalue weighted by atomic mass is 32.2. The van der Waals surface area contributed by atoms with Gasteiger partial charge in [-0.05, 0) is 48.0 Å². The number of thiocarbonyl (C=S) groups is 1. The van der Waals surface area contributed by atoms with Gasteiger partial charge in [0, 0.05) is 18.7 Å². The number of alkyl halides is 3.